The van der Waals surface area contributed by atoms with Crippen molar-refractivity contribution in [3.8, 4) is 0 Å². The van der Waals surface area contributed by atoms with E-state index in [1.807, 2.05) is 0 Å². The summed E-state index contributed by atoms with van der Waals surface area (Å²) in [6, 6.07) is 0.178. The van der Waals surface area contributed by atoms with Crippen LogP contribution in [-0.4, -0.2) is 41.7 Å². The summed E-state index contributed by atoms with van der Waals surface area (Å²) in [5.41, 5.74) is 1.02. The Labute approximate surface area is 147 Å². The average Bonchev–Trinajstić information content (AvgIpc) is 2.99. The van der Waals surface area contributed by atoms with Gasteiger partial charge in [-0.25, -0.2) is 0 Å². The first-order valence-corrected chi connectivity index (χ1v) is 9.90. The molecule has 5 nitrogen and oxygen atoms in total. The van der Waals surface area contributed by atoms with Crippen molar-refractivity contribution < 1.29 is 14.3 Å². The van der Waals surface area contributed by atoms with E-state index in [2.05, 4.69) is 22.8 Å². The monoisotopic (exact) mass is 350 g/mol. The van der Waals surface area contributed by atoms with E-state index < -0.39 is 0 Å². The Morgan fingerprint density at radius 2 is 2.00 bits per heavy atom. The third-order valence-corrected chi connectivity index (χ3v) is 5.69. The molecule has 3 rings (SSSR count). The molecular weight excluding hydrogens is 324 g/mol. The molecule has 0 aromatic carbocycles. The van der Waals surface area contributed by atoms with Crippen molar-refractivity contribution in [2.24, 2.45) is 0 Å². The van der Waals surface area contributed by atoms with Gasteiger partial charge in [-0.2, -0.15) is 0 Å². The Hall–Kier alpha value is -1.27. The number of hydrogen-bond donors (Lipinski definition) is 2. The molecular formula is C18H26N2O3S. The zero-order valence-corrected chi connectivity index (χ0v) is 14.8. The van der Waals surface area contributed by atoms with Crippen molar-refractivity contribution >= 4 is 22.9 Å². The van der Waals surface area contributed by atoms with Gasteiger partial charge in [-0.1, -0.05) is 23.9 Å². The van der Waals surface area contributed by atoms with E-state index in [4.69, 9.17) is 4.74 Å². The van der Waals surface area contributed by atoms with Gasteiger partial charge in [0, 0.05) is 24.5 Å². The second-order valence-electron chi connectivity index (χ2n) is 6.68. The van der Waals surface area contributed by atoms with Crippen LogP contribution in [0, 0.1) is 0 Å². The van der Waals surface area contributed by atoms with E-state index in [0.717, 1.165) is 57.1 Å². The molecule has 132 valence electrons. The quantitative estimate of drug-likeness (QED) is 0.714. The van der Waals surface area contributed by atoms with Crippen LogP contribution in [0.25, 0.3) is 0 Å². The number of carbonyl (C=O) groups is 2. The van der Waals surface area contributed by atoms with Crippen LogP contribution in [0.1, 0.15) is 44.9 Å². The smallest absolute Gasteiger partial charge is 0.279 e. The summed E-state index contributed by atoms with van der Waals surface area (Å²) in [5, 5.41) is 6.09. The summed E-state index contributed by atoms with van der Waals surface area (Å²) in [5.74, 6) is 0.670. The molecule has 3 aliphatic rings. The van der Waals surface area contributed by atoms with Crippen LogP contribution >= 0.6 is 11.8 Å². The fourth-order valence-electron chi connectivity index (χ4n) is 3.50. The number of thioether (sulfide) groups is 1. The minimum atomic E-state index is -0.0390. The van der Waals surface area contributed by atoms with Gasteiger partial charge in [-0.3, -0.25) is 9.59 Å². The number of hydrogen-bond acceptors (Lipinski definition) is 4. The topological polar surface area (TPSA) is 67.4 Å². The molecule has 24 heavy (non-hydrogen) atoms. The molecule has 2 saturated heterocycles. The molecule has 3 heterocycles. The number of nitrogens with one attached hydrogen (secondary N) is 2. The first-order chi connectivity index (χ1) is 11.7. The highest BCUT2D eigenvalue weighted by Crippen LogP contribution is 2.23. The third kappa shape index (κ3) is 5.11. The number of allylic oxidation sites excluding steroid dienone is 2. The number of amides is 2. The van der Waals surface area contributed by atoms with E-state index >= 15 is 0 Å². The van der Waals surface area contributed by atoms with Gasteiger partial charge in [-0.15, -0.1) is 0 Å². The predicted molar refractivity (Wildman–Crippen MR) is 96.0 cm³/mol. The van der Waals surface area contributed by atoms with E-state index in [1.165, 1.54) is 11.8 Å². The second kappa shape index (κ2) is 8.72. The van der Waals surface area contributed by atoms with Crippen molar-refractivity contribution in [3.63, 3.8) is 0 Å². The normalized spacial score (nSPS) is 32.5. The summed E-state index contributed by atoms with van der Waals surface area (Å²) in [4.78, 5) is 23.9. The fourth-order valence-corrected chi connectivity index (χ4v) is 4.35. The molecule has 0 aromatic heterocycles. The summed E-state index contributed by atoms with van der Waals surface area (Å²) in [6.45, 7) is 0.720. The van der Waals surface area contributed by atoms with Crippen molar-refractivity contribution in [2.45, 2.75) is 63.1 Å². The van der Waals surface area contributed by atoms with Crippen LogP contribution in [0.3, 0.4) is 0 Å². The molecule has 0 spiro atoms. The maximum absolute atomic E-state index is 12.4. The number of rotatable bonds is 1. The van der Waals surface area contributed by atoms with Gasteiger partial charge in [-0.05, 0) is 50.5 Å². The Morgan fingerprint density at radius 1 is 1.12 bits per heavy atom. The van der Waals surface area contributed by atoms with Gasteiger partial charge in [0.15, 0.2) is 0 Å². The van der Waals surface area contributed by atoms with E-state index in [0.29, 0.717) is 5.75 Å². The molecule has 2 amide bonds. The van der Waals surface area contributed by atoms with Crippen LogP contribution < -0.4 is 10.6 Å². The lowest BCUT2D eigenvalue weighted by atomic mass is 9.97. The molecule has 0 aliphatic carbocycles. The van der Waals surface area contributed by atoms with Gasteiger partial charge in [0.1, 0.15) is 0 Å². The average molecular weight is 350 g/mol. The van der Waals surface area contributed by atoms with Gasteiger partial charge < -0.3 is 15.4 Å². The van der Waals surface area contributed by atoms with Crippen LogP contribution in [0.5, 0.6) is 0 Å². The lowest BCUT2D eigenvalue weighted by Crippen LogP contribution is -2.42. The largest absolute Gasteiger partial charge is 0.378 e. The van der Waals surface area contributed by atoms with Crippen LogP contribution in [0.4, 0.5) is 4.79 Å². The van der Waals surface area contributed by atoms with Crippen molar-refractivity contribution in [3.05, 3.63) is 23.8 Å². The Bertz CT molecular complexity index is 532. The summed E-state index contributed by atoms with van der Waals surface area (Å²) >= 11 is 1.29. The second-order valence-corrected chi connectivity index (χ2v) is 7.67. The highest BCUT2D eigenvalue weighted by atomic mass is 32.2. The Kier molecular flexibility index (Phi) is 6.37. The SMILES string of the molecule is O=C1C=C(C2CSC(=O)N2)CCC=CCCCC2CC(CCO2)N1. The lowest BCUT2D eigenvalue weighted by molar-refractivity contribution is -0.118. The van der Waals surface area contributed by atoms with Crippen molar-refractivity contribution in [1.82, 2.24) is 10.6 Å². The highest BCUT2D eigenvalue weighted by Gasteiger charge is 2.26. The van der Waals surface area contributed by atoms with E-state index in [-0.39, 0.29) is 29.3 Å². The summed E-state index contributed by atoms with van der Waals surface area (Å²) in [7, 11) is 0. The molecule has 2 bridgehead atoms. The first kappa shape index (κ1) is 17.5. The van der Waals surface area contributed by atoms with Crippen LogP contribution in [-0.2, 0) is 9.53 Å². The van der Waals surface area contributed by atoms with Gasteiger partial charge >= 0.3 is 0 Å². The predicted octanol–water partition coefficient (Wildman–Crippen LogP) is 2.92. The molecule has 0 radical (unpaired) electrons. The molecule has 6 heteroatoms. The molecule has 3 atom stereocenters. The molecule has 2 fully saturated rings. The standard InChI is InChI=1S/C18H26N2O3S/c21-17-10-13(16-12-24-18(22)20-16)6-4-2-1-3-5-7-15-11-14(19-17)8-9-23-15/h1-2,10,14-16H,3-9,11-12H2,(H,19,21)(H,20,22). The summed E-state index contributed by atoms with van der Waals surface area (Å²) < 4.78 is 5.82. The van der Waals surface area contributed by atoms with Crippen molar-refractivity contribution in [2.75, 3.05) is 12.4 Å². The van der Waals surface area contributed by atoms with E-state index in [9.17, 15) is 9.59 Å². The van der Waals surface area contributed by atoms with Gasteiger partial charge in [0.05, 0.1) is 12.1 Å². The zero-order valence-electron chi connectivity index (χ0n) is 14.0. The minimum absolute atomic E-state index is 0.00326. The number of carbonyl (C=O) groups excluding carboxylic acids is 2. The van der Waals surface area contributed by atoms with Crippen LogP contribution in [0.2, 0.25) is 0 Å². The lowest BCUT2D eigenvalue weighted by Gasteiger charge is -2.30. The minimum Gasteiger partial charge on any atom is -0.378 e. The molecule has 3 aliphatic heterocycles. The van der Waals surface area contributed by atoms with Crippen LogP contribution in [0.15, 0.2) is 23.8 Å². The fraction of sp³-hybridized carbons (Fsp3) is 0.667. The molecule has 0 saturated carbocycles. The van der Waals surface area contributed by atoms with Crippen molar-refractivity contribution in [1.29, 1.82) is 0 Å². The maximum atomic E-state index is 12.4. The highest BCUT2D eigenvalue weighted by molar-refractivity contribution is 8.14. The molecule has 0 aromatic rings. The van der Waals surface area contributed by atoms with E-state index in [1.54, 1.807) is 6.08 Å². The molecule has 3 unspecified atom stereocenters. The Balaban J connectivity index is 1.71. The number of ether oxygens (including phenoxy) is 1. The maximum Gasteiger partial charge on any atom is 0.279 e. The molecule has 2 N–H and O–H groups in total. The third-order valence-electron chi connectivity index (χ3n) is 4.81. The van der Waals surface area contributed by atoms with Gasteiger partial charge in [0.2, 0.25) is 5.91 Å². The zero-order chi connectivity index (χ0) is 16.8. The first-order valence-electron chi connectivity index (χ1n) is 8.91. The summed E-state index contributed by atoms with van der Waals surface area (Å²) in [6.07, 6.45) is 13.1. The van der Waals surface area contributed by atoms with Gasteiger partial charge in [0.25, 0.3) is 5.24 Å². The Morgan fingerprint density at radius 3 is 2.83 bits per heavy atom. The number of fused-ring (bicyclic) bond motifs is 2.